The predicted molar refractivity (Wildman–Crippen MR) is 55.0 cm³/mol. The molecule has 0 aliphatic rings. The lowest BCUT2D eigenvalue weighted by Crippen LogP contribution is -1.99. The van der Waals surface area contributed by atoms with E-state index in [4.69, 9.17) is 4.52 Å². The zero-order chi connectivity index (χ0) is 10.7. The highest BCUT2D eigenvalue weighted by molar-refractivity contribution is 5.43. The van der Waals surface area contributed by atoms with Crippen molar-refractivity contribution in [3.05, 3.63) is 47.6 Å². The molecule has 0 spiro atoms. The first-order chi connectivity index (χ1) is 7.25. The maximum atomic E-state index is 12.8. The highest BCUT2D eigenvalue weighted by atomic mass is 19.1. The van der Waals surface area contributed by atoms with Gasteiger partial charge in [-0.25, -0.2) is 4.39 Å². The fourth-order valence-corrected chi connectivity index (χ4v) is 1.28. The summed E-state index contributed by atoms with van der Waals surface area (Å²) in [5, 5.41) is 6.85. The Morgan fingerprint density at radius 2 is 2.33 bits per heavy atom. The largest absolute Gasteiger partial charge is 0.381 e. The zero-order valence-electron chi connectivity index (χ0n) is 8.33. The first-order valence-corrected chi connectivity index (χ1v) is 4.65. The van der Waals surface area contributed by atoms with Gasteiger partial charge in [0, 0.05) is 17.8 Å². The molecule has 15 heavy (non-hydrogen) atoms. The average molecular weight is 206 g/mol. The molecule has 0 aliphatic heterocycles. The van der Waals surface area contributed by atoms with Crippen molar-refractivity contribution in [2.75, 3.05) is 5.32 Å². The number of nitrogens with zero attached hydrogens (tertiary/aromatic N) is 1. The Morgan fingerprint density at radius 1 is 1.47 bits per heavy atom. The molecule has 0 bridgehead atoms. The quantitative estimate of drug-likeness (QED) is 0.839. The molecule has 1 aromatic carbocycles. The van der Waals surface area contributed by atoms with E-state index in [2.05, 4.69) is 10.5 Å². The molecular formula is C11H11FN2O. The summed E-state index contributed by atoms with van der Waals surface area (Å²) in [7, 11) is 0. The molecule has 0 aliphatic carbocycles. The Bertz CT molecular complexity index is 453. The van der Waals surface area contributed by atoms with Gasteiger partial charge in [-0.15, -0.1) is 0 Å². The molecule has 0 saturated carbocycles. The van der Waals surface area contributed by atoms with Crippen LogP contribution in [0.25, 0.3) is 0 Å². The molecule has 1 aromatic heterocycles. The third kappa shape index (κ3) is 2.34. The molecule has 0 amide bonds. The van der Waals surface area contributed by atoms with Gasteiger partial charge in [0.05, 0.1) is 5.69 Å². The van der Waals surface area contributed by atoms with Crippen LogP contribution in [0, 0.1) is 12.7 Å². The zero-order valence-corrected chi connectivity index (χ0v) is 8.33. The van der Waals surface area contributed by atoms with Crippen LogP contribution in [0.3, 0.4) is 0 Å². The first-order valence-electron chi connectivity index (χ1n) is 4.65. The van der Waals surface area contributed by atoms with Gasteiger partial charge in [-0.2, -0.15) is 0 Å². The third-order valence-corrected chi connectivity index (χ3v) is 2.16. The summed E-state index contributed by atoms with van der Waals surface area (Å²) in [6, 6.07) is 6.34. The second kappa shape index (κ2) is 4.13. The first kappa shape index (κ1) is 9.71. The molecule has 1 heterocycles. The number of aryl methyl sites for hydroxylation is 1. The maximum absolute atomic E-state index is 12.8. The van der Waals surface area contributed by atoms with E-state index >= 15 is 0 Å². The molecule has 0 atom stereocenters. The van der Waals surface area contributed by atoms with Crippen LogP contribution < -0.4 is 5.32 Å². The molecule has 2 rings (SSSR count). The molecular weight excluding hydrogens is 195 g/mol. The molecule has 3 nitrogen and oxygen atoms in total. The molecule has 1 N–H and O–H groups in total. The summed E-state index contributed by atoms with van der Waals surface area (Å²) in [5.41, 5.74) is 2.56. The van der Waals surface area contributed by atoms with Crippen molar-refractivity contribution in [1.29, 1.82) is 0 Å². The summed E-state index contributed by atoms with van der Waals surface area (Å²) < 4.78 is 17.6. The fraction of sp³-hybridized carbons (Fsp3) is 0.182. The maximum Gasteiger partial charge on any atom is 0.129 e. The van der Waals surface area contributed by atoms with Crippen molar-refractivity contribution in [2.24, 2.45) is 0 Å². The van der Waals surface area contributed by atoms with Gasteiger partial charge in [-0.05, 0) is 25.1 Å². The monoisotopic (exact) mass is 206 g/mol. The molecule has 2 aromatic rings. The number of benzene rings is 1. The number of halogens is 1. The lowest BCUT2D eigenvalue weighted by Gasteiger charge is -2.04. The second-order valence-electron chi connectivity index (χ2n) is 3.29. The second-order valence-corrected chi connectivity index (χ2v) is 3.29. The molecule has 0 saturated heterocycles. The average Bonchev–Trinajstić information content (AvgIpc) is 2.61. The van der Waals surface area contributed by atoms with E-state index in [1.807, 2.05) is 13.0 Å². The van der Waals surface area contributed by atoms with Crippen molar-refractivity contribution in [3.63, 3.8) is 0 Å². The highest BCUT2D eigenvalue weighted by Crippen LogP contribution is 2.12. The van der Waals surface area contributed by atoms with Crippen LogP contribution in [0.5, 0.6) is 0 Å². The van der Waals surface area contributed by atoms with Gasteiger partial charge in [-0.3, -0.25) is 0 Å². The normalized spacial score (nSPS) is 10.3. The van der Waals surface area contributed by atoms with Crippen LogP contribution in [0.2, 0.25) is 0 Å². The standard InChI is InChI=1S/C11H11FN2O/c1-8-9(7-15-14-8)6-13-11-4-2-3-10(12)5-11/h2-5,7,13H,6H2,1H3. The van der Waals surface area contributed by atoms with Gasteiger partial charge in [-0.1, -0.05) is 11.2 Å². The van der Waals surface area contributed by atoms with Crippen LogP contribution in [0.4, 0.5) is 10.1 Å². The number of rotatable bonds is 3. The molecule has 0 fully saturated rings. The van der Waals surface area contributed by atoms with Crippen molar-refractivity contribution >= 4 is 5.69 Å². The highest BCUT2D eigenvalue weighted by Gasteiger charge is 2.02. The van der Waals surface area contributed by atoms with Gasteiger partial charge in [0.1, 0.15) is 12.1 Å². The minimum Gasteiger partial charge on any atom is -0.381 e. The Balaban J connectivity index is 2.02. The Morgan fingerprint density at radius 3 is 3.00 bits per heavy atom. The number of hydrogen-bond donors (Lipinski definition) is 1. The number of nitrogens with one attached hydrogen (secondary N) is 1. The fourth-order valence-electron chi connectivity index (χ4n) is 1.28. The Kier molecular flexibility index (Phi) is 2.67. The lowest BCUT2D eigenvalue weighted by atomic mass is 10.2. The van der Waals surface area contributed by atoms with E-state index in [1.54, 1.807) is 12.3 Å². The topological polar surface area (TPSA) is 38.1 Å². The predicted octanol–water partition coefficient (Wildman–Crippen LogP) is 2.73. The minimum absolute atomic E-state index is 0.248. The van der Waals surface area contributed by atoms with E-state index in [0.717, 1.165) is 16.9 Å². The van der Waals surface area contributed by atoms with Gasteiger partial charge >= 0.3 is 0 Å². The van der Waals surface area contributed by atoms with Crippen LogP contribution in [0.15, 0.2) is 35.1 Å². The number of aromatic nitrogens is 1. The summed E-state index contributed by atoms with van der Waals surface area (Å²) in [6.45, 7) is 2.45. The summed E-state index contributed by atoms with van der Waals surface area (Å²) in [4.78, 5) is 0. The molecule has 0 unspecified atom stereocenters. The van der Waals surface area contributed by atoms with Crippen molar-refractivity contribution in [3.8, 4) is 0 Å². The van der Waals surface area contributed by atoms with E-state index < -0.39 is 0 Å². The SMILES string of the molecule is Cc1nocc1CNc1cccc(F)c1. The van der Waals surface area contributed by atoms with Gasteiger partial charge < -0.3 is 9.84 Å². The van der Waals surface area contributed by atoms with Crippen molar-refractivity contribution in [1.82, 2.24) is 5.16 Å². The van der Waals surface area contributed by atoms with Gasteiger partial charge in [0.25, 0.3) is 0 Å². The summed E-state index contributed by atoms with van der Waals surface area (Å²) in [5.74, 6) is -0.248. The Labute approximate surface area is 86.9 Å². The van der Waals surface area contributed by atoms with Crippen LogP contribution in [-0.2, 0) is 6.54 Å². The summed E-state index contributed by atoms with van der Waals surface area (Å²) in [6.07, 6.45) is 1.58. The number of hydrogen-bond acceptors (Lipinski definition) is 3. The molecule has 78 valence electrons. The van der Waals surface area contributed by atoms with Crippen LogP contribution in [-0.4, -0.2) is 5.16 Å². The van der Waals surface area contributed by atoms with Crippen LogP contribution in [0.1, 0.15) is 11.3 Å². The van der Waals surface area contributed by atoms with Crippen LogP contribution >= 0.6 is 0 Å². The van der Waals surface area contributed by atoms with E-state index in [1.165, 1.54) is 12.1 Å². The molecule has 4 heteroatoms. The summed E-state index contributed by atoms with van der Waals surface area (Å²) >= 11 is 0. The van der Waals surface area contributed by atoms with Crippen molar-refractivity contribution < 1.29 is 8.91 Å². The van der Waals surface area contributed by atoms with Crippen molar-refractivity contribution in [2.45, 2.75) is 13.5 Å². The van der Waals surface area contributed by atoms with E-state index in [-0.39, 0.29) is 5.82 Å². The van der Waals surface area contributed by atoms with Gasteiger partial charge in [0.2, 0.25) is 0 Å². The molecule has 0 radical (unpaired) electrons. The van der Waals surface area contributed by atoms with Gasteiger partial charge in [0.15, 0.2) is 0 Å². The lowest BCUT2D eigenvalue weighted by molar-refractivity contribution is 0.414. The number of anilines is 1. The van der Waals surface area contributed by atoms with E-state index in [9.17, 15) is 4.39 Å². The third-order valence-electron chi connectivity index (χ3n) is 2.16. The Hall–Kier alpha value is -1.84. The van der Waals surface area contributed by atoms with E-state index in [0.29, 0.717) is 6.54 Å². The minimum atomic E-state index is -0.248. The smallest absolute Gasteiger partial charge is 0.129 e.